The van der Waals surface area contributed by atoms with E-state index in [9.17, 15) is 14.9 Å². The first-order valence-corrected chi connectivity index (χ1v) is 8.90. The zero-order chi connectivity index (χ0) is 17.5. The summed E-state index contributed by atoms with van der Waals surface area (Å²) in [5.74, 6) is -0.0343. The van der Waals surface area contributed by atoms with Gasteiger partial charge in [0, 0.05) is 29.3 Å². The lowest BCUT2D eigenvalue weighted by Crippen LogP contribution is -2.40. The highest BCUT2D eigenvalue weighted by Gasteiger charge is 2.39. The molecule has 0 unspecified atom stereocenters. The second-order valence-electron chi connectivity index (χ2n) is 8.12. The van der Waals surface area contributed by atoms with E-state index in [1.165, 1.54) is 18.9 Å². The molecule has 2 saturated carbocycles. The van der Waals surface area contributed by atoms with Gasteiger partial charge in [0.1, 0.15) is 0 Å². The van der Waals surface area contributed by atoms with Gasteiger partial charge >= 0.3 is 0 Å². The van der Waals surface area contributed by atoms with Gasteiger partial charge in [0.05, 0.1) is 4.92 Å². The number of carbonyl (C=O) groups is 1. The van der Waals surface area contributed by atoms with Gasteiger partial charge in [0.15, 0.2) is 0 Å². The van der Waals surface area contributed by atoms with Crippen molar-refractivity contribution in [1.29, 1.82) is 0 Å². The van der Waals surface area contributed by atoms with E-state index in [0.29, 0.717) is 23.2 Å². The van der Waals surface area contributed by atoms with Gasteiger partial charge in [-0.2, -0.15) is 0 Å². The van der Waals surface area contributed by atoms with Crippen LogP contribution in [0.5, 0.6) is 0 Å². The van der Waals surface area contributed by atoms with Gasteiger partial charge in [0.25, 0.3) is 11.6 Å². The minimum absolute atomic E-state index is 0.0343. The summed E-state index contributed by atoms with van der Waals surface area (Å²) < 4.78 is 0. The summed E-state index contributed by atoms with van der Waals surface area (Å²) in [6.45, 7) is 5.85. The second-order valence-corrected chi connectivity index (χ2v) is 8.12. The Labute approximate surface area is 143 Å². The van der Waals surface area contributed by atoms with Crippen LogP contribution in [-0.4, -0.2) is 27.8 Å². The average molecular weight is 330 g/mol. The fraction of sp³-hybridized carbons (Fsp3) is 0.632. The molecule has 0 bridgehead atoms. The van der Waals surface area contributed by atoms with Crippen molar-refractivity contribution in [3.05, 3.63) is 39.4 Å². The van der Waals surface area contributed by atoms with Crippen LogP contribution < -0.4 is 0 Å². The summed E-state index contributed by atoms with van der Waals surface area (Å²) in [5, 5.41) is 11.5. The molecule has 5 nitrogen and oxygen atoms in total. The van der Waals surface area contributed by atoms with Gasteiger partial charge in [-0.3, -0.25) is 14.9 Å². The third-order valence-electron chi connectivity index (χ3n) is 5.14. The van der Waals surface area contributed by atoms with Crippen LogP contribution in [0.1, 0.15) is 75.2 Å². The van der Waals surface area contributed by atoms with Crippen molar-refractivity contribution in [2.24, 2.45) is 0 Å². The molecule has 24 heavy (non-hydrogen) atoms. The fourth-order valence-electron chi connectivity index (χ4n) is 3.76. The Balaban J connectivity index is 1.94. The lowest BCUT2D eigenvalue weighted by molar-refractivity contribution is -0.386. The standard InChI is InChI=1S/C19H26N2O3/c1-19(2,3)16-11-8-13(12-17(16)21(23)24)18(22)20(15-9-10-15)14-6-4-5-7-14/h8,11-12,14-15H,4-7,9-10H2,1-3H3. The lowest BCUT2D eigenvalue weighted by Gasteiger charge is -2.29. The Hall–Kier alpha value is -1.91. The molecule has 0 N–H and O–H groups in total. The number of hydrogen-bond donors (Lipinski definition) is 0. The Morgan fingerprint density at radius 1 is 1.12 bits per heavy atom. The molecule has 0 saturated heterocycles. The summed E-state index contributed by atoms with van der Waals surface area (Å²) in [6, 6.07) is 5.65. The molecule has 3 rings (SSSR count). The van der Waals surface area contributed by atoms with Gasteiger partial charge in [-0.15, -0.1) is 0 Å². The molecule has 0 spiro atoms. The van der Waals surface area contributed by atoms with Crippen LogP contribution in [0.2, 0.25) is 0 Å². The molecule has 0 aromatic heterocycles. The minimum Gasteiger partial charge on any atom is -0.333 e. The van der Waals surface area contributed by atoms with E-state index < -0.39 is 0 Å². The number of nitrogens with zero attached hydrogens (tertiary/aromatic N) is 2. The molecular formula is C19H26N2O3. The molecule has 0 atom stereocenters. The summed E-state index contributed by atoms with van der Waals surface area (Å²) in [7, 11) is 0. The zero-order valence-electron chi connectivity index (χ0n) is 14.7. The van der Waals surface area contributed by atoms with E-state index in [4.69, 9.17) is 0 Å². The topological polar surface area (TPSA) is 63.5 Å². The monoisotopic (exact) mass is 330 g/mol. The number of carbonyl (C=O) groups excluding carboxylic acids is 1. The Morgan fingerprint density at radius 3 is 2.21 bits per heavy atom. The van der Waals surface area contributed by atoms with Gasteiger partial charge < -0.3 is 4.90 Å². The van der Waals surface area contributed by atoms with Crippen LogP contribution >= 0.6 is 0 Å². The maximum atomic E-state index is 13.1. The predicted octanol–water partition coefficient (Wildman–Crippen LogP) is 4.44. The fourth-order valence-corrected chi connectivity index (χ4v) is 3.76. The molecule has 130 valence electrons. The normalized spacial score (nSPS) is 18.6. The van der Waals surface area contributed by atoms with Crippen LogP contribution in [0.15, 0.2) is 18.2 Å². The number of amides is 1. The van der Waals surface area contributed by atoms with E-state index in [2.05, 4.69) is 0 Å². The molecule has 0 radical (unpaired) electrons. The van der Waals surface area contributed by atoms with Crippen LogP contribution in [0.4, 0.5) is 5.69 Å². The summed E-state index contributed by atoms with van der Waals surface area (Å²) in [4.78, 5) is 26.2. The quantitative estimate of drug-likeness (QED) is 0.605. The van der Waals surface area contributed by atoms with Crippen molar-refractivity contribution in [2.75, 3.05) is 0 Å². The first-order chi connectivity index (χ1) is 11.3. The SMILES string of the molecule is CC(C)(C)c1ccc(C(=O)N(C2CCCC2)C2CC2)cc1[N+](=O)[O-]. The van der Waals surface area contributed by atoms with E-state index >= 15 is 0 Å². The summed E-state index contributed by atoms with van der Waals surface area (Å²) in [5.41, 5.74) is 0.845. The van der Waals surface area contributed by atoms with Crippen LogP contribution in [0.3, 0.4) is 0 Å². The highest BCUT2D eigenvalue weighted by molar-refractivity contribution is 5.95. The van der Waals surface area contributed by atoms with E-state index in [1.54, 1.807) is 12.1 Å². The molecule has 2 fully saturated rings. The van der Waals surface area contributed by atoms with Crippen molar-refractivity contribution < 1.29 is 9.72 Å². The Kier molecular flexibility index (Phi) is 4.37. The smallest absolute Gasteiger partial charge is 0.273 e. The number of rotatable bonds is 4. The maximum Gasteiger partial charge on any atom is 0.273 e. The Morgan fingerprint density at radius 2 is 1.71 bits per heavy atom. The third-order valence-corrected chi connectivity index (χ3v) is 5.14. The lowest BCUT2D eigenvalue weighted by atomic mass is 9.85. The van der Waals surface area contributed by atoms with E-state index in [1.807, 2.05) is 25.7 Å². The molecule has 1 aromatic rings. The maximum absolute atomic E-state index is 13.1. The Bertz CT molecular complexity index is 653. The first-order valence-electron chi connectivity index (χ1n) is 8.90. The third kappa shape index (κ3) is 3.30. The summed E-state index contributed by atoms with van der Waals surface area (Å²) >= 11 is 0. The highest BCUT2D eigenvalue weighted by atomic mass is 16.6. The van der Waals surface area contributed by atoms with Crippen LogP contribution in [-0.2, 0) is 5.41 Å². The molecule has 2 aliphatic rings. The van der Waals surface area contributed by atoms with Crippen LogP contribution in [0.25, 0.3) is 0 Å². The molecule has 2 aliphatic carbocycles. The number of nitro groups is 1. The van der Waals surface area contributed by atoms with Crippen molar-refractivity contribution in [3.63, 3.8) is 0 Å². The minimum atomic E-state index is -0.367. The van der Waals surface area contributed by atoms with Gasteiger partial charge in [0.2, 0.25) is 0 Å². The van der Waals surface area contributed by atoms with Crippen molar-refractivity contribution in [3.8, 4) is 0 Å². The van der Waals surface area contributed by atoms with Crippen molar-refractivity contribution in [2.45, 2.75) is 76.8 Å². The van der Waals surface area contributed by atoms with Crippen LogP contribution in [0, 0.1) is 10.1 Å². The van der Waals surface area contributed by atoms with E-state index in [-0.39, 0.29) is 21.9 Å². The molecule has 0 aliphatic heterocycles. The van der Waals surface area contributed by atoms with Gasteiger partial charge in [-0.05, 0) is 37.2 Å². The molecule has 1 aromatic carbocycles. The number of benzene rings is 1. The molecule has 0 heterocycles. The van der Waals surface area contributed by atoms with Crippen molar-refractivity contribution in [1.82, 2.24) is 4.90 Å². The van der Waals surface area contributed by atoms with E-state index in [0.717, 1.165) is 25.7 Å². The number of hydrogen-bond acceptors (Lipinski definition) is 3. The number of nitro benzene ring substituents is 1. The average Bonchev–Trinajstić information content (AvgIpc) is 3.20. The molecular weight excluding hydrogens is 304 g/mol. The van der Waals surface area contributed by atoms with Gasteiger partial charge in [-0.1, -0.05) is 39.7 Å². The summed E-state index contributed by atoms with van der Waals surface area (Å²) in [6.07, 6.45) is 6.58. The second kappa shape index (κ2) is 6.19. The molecule has 1 amide bonds. The van der Waals surface area contributed by atoms with Gasteiger partial charge in [-0.25, -0.2) is 0 Å². The zero-order valence-corrected chi connectivity index (χ0v) is 14.7. The first kappa shape index (κ1) is 16.9. The molecule has 5 heteroatoms. The van der Waals surface area contributed by atoms with Crippen molar-refractivity contribution >= 4 is 11.6 Å². The highest BCUT2D eigenvalue weighted by Crippen LogP contribution is 2.37. The largest absolute Gasteiger partial charge is 0.333 e. The predicted molar refractivity (Wildman–Crippen MR) is 93.2 cm³/mol.